The summed E-state index contributed by atoms with van der Waals surface area (Å²) in [6.45, 7) is 1.18. The average molecular weight is 326 g/mol. The molecule has 0 unspecified atom stereocenters. The number of carbonyl (C=O) groups is 2. The zero-order valence-electron chi connectivity index (χ0n) is 13.5. The van der Waals surface area contributed by atoms with Gasteiger partial charge in [-0.2, -0.15) is 0 Å². The fourth-order valence-corrected chi connectivity index (χ4v) is 2.12. The Labute approximate surface area is 142 Å². The molecule has 0 aromatic heterocycles. The van der Waals surface area contributed by atoms with Crippen LogP contribution in [0.3, 0.4) is 0 Å². The molecule has 5 nitrogen and oxygen atoms in total. The molecule has 0 spiro atoms. The summed E-state index contributed by atoms with van der Waals surface area (Å²) < 4.78 is 5.48. The molecule has 0 aliphatic carbocycles. The average Bonchev–Trinajstić information content (AvgIpc) is 2.60. The summed E-state index contributed by atoms with van der Waals surface area (Å²) >= 11 is 0. The van der Waals surface area contributed by atoms with E-state index < -0.39 is 0 Å². The lowest BCUT2D eigenvalue weighted by Gasteiger charge is -2.08. The zero-order valence-corrected chi connectivity index (χ0v) is 13.5. The molecule has 126 valence electrons. The van der Waals surface area contributed by atoms with Gasteiger partial charge in [0, 0.05) is 13.0 Å². The highest BCUT2D eigenvalue weighted by Gasteiger charge is 2.05. The molecule has 0 fully saturated rings. The summed E-state index contributed by atoms with van der Waals surface area (Å²) in [6, 6.07) is 18.9. The molecule has 0 heterocycles. The number of nitrogens with one attached hydrogen (secondary N) is 2. The Balaban J connectivity index is 1.52. The van der Waals surface area contributed by atoms with E-state index >= 15 is 0 Å². The largest absolute Gasteiger partial charge is 0.492 e. The molecule has 0 aliphatic heterocycles. The van der Waals surface area contributed by atoms with Crippen molar-refractivity contribution in [2.24, 2.45) is 0 Å². The van der Waals surface area contributed by atoms with Gasteiger partial charge in [0.25, 0.3) is 0 Å². The molecule has 2 amide bonds. The number of benzene rings is 2. The van der Waals surface area contributed by atoms with Crippen LogP contribution in [0.15, 0.2) is 60.7 Å². The van der Waals surface area contributed by atoms with Crippen LogP contribution in [-0.2, 0) is 16.0 Å². The molecule has 0 atom stereocenters. The summed E-state index contributed by atoms with van der Waals surface area (Å²) in [7, 11) is 0. The minimum Gasteiger partial charge on any atom is -0.492 e. The zero-order chi connectivity index (χ0) is 17.0. The minimum atomic E-state index is -0.105. The van der Waals surface area contributed by atoms with Crippen molar-refractivity contribution in [1.29, 1.82) is 0 Å². The van der Waals surface area contributed by atoms with Crippen molar-refractivity contribution >= 4 is 11.8 Å². The second-order valence-corrected chi connectivity index (χ2v) is 5.27. The third-order valence-electron chi connectivity index (χ3n) is 3.32. The smallest absolute Gasteiger partial charge is 0.224 e. The van der Waals surface area contributed by atoms with Crippen LogP contribution in [0, 0.1) is 0 Å². The van der Waals surface area contributed by atoms with Gasteiger partial charge in [0.2, 0.25) is 11.8 Å². The first-order valence-corrected chi connectivity index (χ1v) is 7.99. The summed E-state index contributed by atoms with van der Waals surface area (Å²) in [5, 5.41) is 5.51. The molecule has 2 aromatic rings. The van der Waals surface area contributed by atoms with Gasteiger partial charge in [0.15, 0.2) is 0 Å². The summed E-state index contributed by atoms with van der Waals surface area (Å²) in [6.07, 6.45) is 0.583. The van der Waals surface area contributed by atoms with Crippen LogP contribution in [0.2, 0.25) is 0 Å². The van der Waals surface area contributed by atoms with E-state index in [4.69, 9.17) is 4.74 Å². The Morgan fingerprint density at radius 3 is 2.12 bits per heavy atom. The normalized spacial score (nSPS) is 10.0. The quantitative estimate of drug-likeness (QED) is 0.692. The third kappa shape index (κ3) is 6.96. The minimum absolute atomic E-state index is 0.0820. The molecule has 0 saturated heterocycles. The number of hydrogen-bond donors (Lipinski definition) is 2. The van der Waals surface area contributed by atoms with Gasteiger partial charge in [0.1, 0.15) is 12.4 Å². The molecule has 0 bridgehead atoms. The summed E-state index contributed by atoms with van der Waals surface area (Å²) in [4.78, 5) is 23.4. The number of amides is 2. The van der Waals surface area contributed by atoms with Gasteiger partial charge in [-0.25, -0.2) is 0 Å². The van der Waals surface area contributed by atoms with E-state index in [-0.39, 0.29) is 18.2 Å². The Hall–Kier alpha value is -2.82. The second-order valence-electron chi connectivity index (χ2n) is 5.27. The van der Waals surface area contributed by atoms with Gasteiger partial charge in [-0.3, -0.25) is 9.59 Å². The Morgan fingerprint density at radius 1 is 0.792 bits per heavy atom. The van der Waals surface area contributed by atoms with E-state index in [0.717, 1.165) is 11.3 Å². The second kappa shape index (κ2) is 10.0. The Morgan fingerprint density at radius 2 is 1.42 bits per heavy atom. The lowest BCUT2D eigenvalue weighted by atomic mass is 10.1. The number of para-hydroxylation sites is 1. The Bertz CT molecular complexity index is 630. The van der Waals surface area contributed by atoms with Crippen LogP contribution in [0.5, 0.6) is 5.75 Å². The van der Waals surface area contributed by atoms with Crippen molar-refractivity contribution in [2.45, 2.75) is 12.8 Å². The highest BCUT2D eigenvalue weighted by molar-refractivity contribution is 5.80. The van der Waals surface area contributed by atoms with Crippen LogP contribution >= 0.6 is 0 Å². The maximum atomic E-state index is 11.7. The van der Waals surface area contributed by atoms with Gasteiger partial charge >= 0.3 is 0 Å². The Kier molecular flexibility index (Phi) is 7.34. The van der Waals surface area contributed by atoms with E-state index in [9.17, 15) is 9.59 Å². The number of rotatable bonds is 9. The molecule has 2 rings (SSSR count). The molecular formula is C19H22N2O3. The number of carbonyl (C=O) groups excluding carboxylic acids is 2. The molecule has 0 radical (unpaired) electrons. The van der Waals surface area contributed by atoms with Crippen molar-refractivity contribution < 1.29 is 14.3 Å². The first-order valence-electron chi connectivity index (χ1n) is 7.99. The predicted octanol–water partition coefficient (Wildman–Crippen LogP) is 1.93. The molecule has 5 heteroatoms. The van der Waals surface area contributed by atoms with Crippen molar-refractivity contribution in [3.63, 3.8) is 0 Å². The van der Waals surface area contributed by atoms with Gasteiger partial charge in [-0.1, -0.05) is 48.5 Å². The molecule has 0 saturated carbocycles. The van der Waals surface area contributed by atoms with Crippen LogP contribution < -0.4 is 15.4 Å². The highest BCUT2D eigenvalue weighted by atomic mass is 16.5. The number of ether oxygens (including phenoxy) is 1. The van der Waals surface area contributed by atoms with Gasteiger partial charge in [0.05, 0.1) is 13.0 Å². The predicted molar refractivity (Wildman–Crippen MR) is 92.7 cm³/mol. The van der Waals surface area contributed by atoms with E-state index in [0.29, 0.717) is 26.1 Å². The van der Waals surface area contributed by atoms with Gasteiger partial charge in [-0.05, 0) is 17.7 Å². The topological polar surface area (TPSA) is 67.4 Å². The molecule has 0 aliphatic rings. The standard InChI is InChI=1S/C19H22N2O3/c22-18(21-13-14-24-17-9-5-2-6-10-17)11-12-20-19(23)15-16-7-3-1-4-8-16/h1-10H,11-15H2,(H,20,23)(H,21,22). The van der Waals surface area contributed by atoms with Crippen LogP contribution in [0.1, 0.15) is 12.0 Å². The molecule has 2 aromatic carbocycles. The number of hydrogen-bond acceptors (Lipinski definition) is 3. The van der Waals surface area contributed by atoms with Crippen molar-refractivity contribution in [3.8, 4) is 5.75 Å². The van der Waals surface area contributed by atoms with Crippen LogP contribution in [0.4, 0.5) is 0 Å². The first kappa shape index (κ1) is 17.5. The van der Waals surface area contributed by atoms with Crippen molar-refractivity contribution in [3.05, 3.63) is 66.2 Å². The SMILES string of the molecule is O=C(CCNC(=O)Cc1ccccc1)NCCOc1ccccc1. The third-order valence-corrected chi connectivity index (χ3v) is 3.32. The van der Waals surface area contributed by atoms with E-state index in [1.807, 2.05) is 60.7 Å². The lowest BCUT2D eigenvalue weighted by molar-refractivity contribution is -0.122. The molecule has 24 heavy (non-hydrogen) atoms. The van der Waals surface area contributed by atoms with Crippen molar-refractivity contribution in [1.82, 2.24) is 10.6 Å². The maximum absolute atomic E-state index is 11.7. The van der Waals surface area contributed by atoms with E-state index in [1.165, 1.54) is 0 Å². The lowest BCUT2D eigenvalue weighted by Crippen LogP contribution is -2.33. The van der Waals surface area contributed by atoms with Crippen LogP contribution in [0.25, 0.3) is 0 Å². The maximum Gasteiger partial charge on any atom is 0.224 e. The van der Waals surface area contributed by atoms with Crippen LogP contribution in [-0.4, -0.2) is 31.5 Å². The first-order chi connectivity index (χ1) is 11.7. The van der Waals surface area contributed by atoms with E-state index in [1.54, 1.807) is 0 Å². The fraction of sp³-hybridized carbons (Fsp3) is 0.263. The highest BCUT2D eigenvalue weighted by Crippen LogP contribution is 2.07. The molecular weight excluding hydrogens is 304 g/mol. The van der Waals surface area contributed by atoms with Gasteiger partial charge < -0.3 is 15.4 Å². The van der Waals surface area contributed by atoms with E-state index in [2.05, 4.69) is 10.6 Å². The molecule has 2 N–H and O–H groups in total. The van der Waals surface area contributed by atoms with Crippen molar-refractivity contribution in [2.75, 3.05) is 19.7 Å². The summed E-state index contributed by atoms with van der Waals surface area (Å²) in [5.74, 6) is 0.591. The fourth-order valence-electron chi connectivity index (χ4n) is 2.12. The van der Waals surface area contributed by atoms with Gasteiger partial charge in [-0.15, -0.1) is 0 Å². The monoisotopic (exact) mass is 326 g/mol. The summed E-state index contributed by atoms with van der Waals surface area (Å²) in [5.41, 5.74) is 0.956.